The first kappa shape index (κ1) is 20.4. The highest BCUT2D eigenvalue weighted by Crippen LogP contribution is 2.32. The van der Waals surface area contributed by atoms with Gasteiger partial charge in [-0.2, -0.15) is 0 Å². The molecule has 1 heterocycles. The van der Waals surface area contributed by atoms with E-state index in [9.17, 15) is 9.59 Å². The summed E-state index contributed by atoms with van der Waals surface area (Å²) in [6.45, 7) is 8.26. The fourth-order valence-electron chi connectivity index (χ4n) is 5.17. The van der Waals surface area contributed by atoms with Gasteiger partial charge in [0.05, 0.1) is 5.92 Å². The van der Waals surface area contributed by atoms with Gasteiger partial charge < -0.3 is 15.3 Å². The van der Waals surface area contributed by atoms with Crippen LogP contribution < -0.4 is 5.32 Å². The van der Waals surface area contributed by atoms with Crippen molar-refractivity contribution in [1.29, 1.82) is 0 Å². The maximum Gasteiger partial charge on any atom is 0.317 e. The second-order valence-corrected chi connectivity index (χ2v) is 9.17. The van der Waals surface area contributed by atoms with Crippen molar-refractivity contribution in [2.24, 2.45) is 17.8 Å². The Hall–Kier alpha value is -1.30. The third-order valence-corrected chi connectivity index (χ3v) is 7.21. The van der Waals surface area contributed by atoms with Gasteiger partial charge in [-0.05, 0) is 63.2 Å². The first-order valence-corrected chi connectivity index (χ1v) is 11.0. The number of carboxylic acids is 1. The van der Waals surface area contributed by atoms with Crippen LogP contribution >= 0.6 is 0 Å². The zero-order valence-corrected chi connectivity index (χ0v) is 17.0. The van der Waals surface area contributed by atoms with Crippen LogP contribution in [-0.2, 0) is 4.79 Å². The van der Waals surface area contributed by atoms with Gasteiger partial charge >= 0.3 is 12.0 Å². The van der Waals surface area contributed by atoms with Crippen LogP contribution in [-0.4, -0.2) is 65.2 Å². The third kappa shape index (κ3) is 5.37. The number of amides is 2. The van der Waals surface area contributed by atoms with E-state index >= 15 is 0 Å². The van der Waals surface area contributed by atoms with Crippen molar-refractivity contribution >= 4 is 12.0 Å². The number of urea groups is 1. The minimum atomic E-state index is -0.696. The van der Waals surface area contributed by atoms with Crippen LogP contribution in [0.2, 0.25) is 0 Å². The lowest BCUT2D eigenvalue weighted by molar-refractivity contribution is -0.142. The van der Waals surface area contributed by atoms with Gasteiger partial charge in [-0.3, -0.25) is 9.69 Å². The second-order valence-electron chi connectivity index (χ2n) is 9.17. The average molecular weight is 380 g/mol. The van der Waals surface area contributed by atoms with Gasteiger partial charge in [-0.25, -0.2) is 4.79 Å². The number of rotatable bonds is 4. The molecule has 0 aromatic carbocycles. The molecule has 27 heavy (non-hydrogen) atoms. The minimum Gasteiger partial charge on any atom is -0.481 e. The van der Waals surface area contributed by atoms with Crippen LogP contribution in [0.3, 0.4) is 0 Å². The molecule has 2 aliphatic carbocycles. The highest BCUT2D eigenvalue weighted by Gasteiger charge is 2.32. The Bertz CT molecular complexity index is 501. The molecule has 0 bridgehead atoms. The summed E-state index contributed by atoms with van der Waals surface area (Å²) < 4.78 is 0. The molecular formula is C21H37N3O3. The van der Waals surface area contributed by atoms with E-state index in [0.29, 0.717) is 18.9 Å². The molecule has 3 rings (SSSR count). The Morgan fingerprint density at radius 2 is 1.48 bits per heavy atom. The Morgan fingerprint density at radius 1 is 0.889 bits per heavy atom. The van der Waals surface area contributed by atoms with E-state index in [4.69, 9.17) is 5.11 Å². The quantitative estimate of drug-likeness (QED) is 0.787. The number of carbonyl (C=O) groups is 2. The second kappa shape index (κ2) is 9.26. The summed E-state index contributed by atoms with van der Waals surface area (Å²) in [6.07, 6.45) is 8.22. The summed E-state index contributed by atoms with van der Waals surface area (Å²) in [5, 5.41) is 12.2. The Morgan fingerprint density at radius 3 is 2.00 bits per heavy atom. The molecule has 2 saturated carbocycles. The average Bonchev–Trinajstić information content (AvgIpc) is 2.68. The topological polar surface area (TPSA) is 72.9 Å². The molecule has 1 aliphatic heterocycles. The van der Waals surface area contributed by atoms with E-state index in [1.165, 1.54) is 25.7 Å². The molecule has 3 fully saturated rings. The Labute approximate surface area is 163 Å². The number of nitrogens with one attached hydrogen (secondary N) is 1. The number of hydrogen-bond donors (Lipinski definition) is 2. The third-order valence-electron chi connectivity index (χ3n) is 7.21. The molecule has 0 radical (unpaired) electrons. The van der Waals surface area contributed by atoms with Crippen molar-refractivity contribution in [3.05, 3.63) is 0 Å². The monoisotopic (exact) mass is 379 g/mol. The van der Waals surface area contributed by atoms with Crippen LogP contribution in [0.4, 0.5) is 4.79 Å². The van der Waals surface area contributed by atoms with Crippen molar-refractivity contribution in [3.63, 3.8) is 0 Å². The van der Waals surface area contributed by atoms with Crippen LogP contribution in [0, 0.1) is 17.8 Å². The summed E-state index contributed by atoms with van der Waals surface area (Å²) in [7, 11) is 0. The lowest BCUT2D eigenvalue weighted by atomic mass is 9.79. The van der Waals surface area contributed by atoms with E-state index in [1.54, 1.807) is 0 Å². The molecule has 0 atom stereocenters. The van der Waals surface area contributed by atoms with Gasteiger partial charge in [-0.15, -0.1) is 0 Å². The lowest BCUT2D eigenvalue weighted by Gasteiger charge is -2.42. The lowest BCUT2D eigenvalue weighted by Crippen LogP contribution is -2.56. The first-order chi connectivity index (χ1) is 12.9. The standard InChI is InChI=1S/C21H37N3O3/c1-15(2)16-5-9-19(10-6-16)23-11-13-24(14-12-23)21(27)22-18-7-3-17(4-8-18)20(25)26/h15-19H,3-14H2,1-2H3,(H,22,27)(H,25,26). The molecule has 0 aromatic heterocycles. The Kier molecular flexibility index (Phi) is 7.01. The molecule has 0 spiro atoms. The van der Waals surface area contributed by atoms with E-state index in [0.717, 1.165) is 50.9 Å². The molecule has 1 saturated heterocycles. The van der Waals surface area contributed by atoms with E-state index < -0.39 is 5.97 Å². The van der Waals surface area contributed by atoms with Gasteiger partial charge in [0.15, 0.2) is 0 Å². The summed E-state index contributed by atoms with van der Waals surface area (Å²) in [4.78, 5) is 28.1. The predicted octanol–water partition coefficient (Wildman–Crippen LogP) is 3.17. The van der Waals surface area contributed by atoms with Crippen LogP contribution in [0.15, 0.2) is 0 Å². The molecule has 0 aromatic rings. The van der Waals surface area contributed by atoms with E-state index in [-0.39, 0.29) is 18.0 Å². The van der Waals surface area contributed by atoms with Crippen LogP contribution in [0.5, 0.6) is 0 Å². The summed E-state index contributed by atoms with van der Waals surface area (Å²) >= 11 is 0. The number of piperazine rings is 1. The summed E-state index contributed by atoms with van der Waals surface area (Å²) in [5.41, 5.74) is 0. The maximum absolute atomic E-state index is 12.6. The fraction of sp³-hybridized carbons (Fsp3) is 0.905. The van der Waals surface area contributed by atoms with Gasteiger partial charge in [0, 0.05) is 38.3 Å². The molecule has 6 heteroatoms. The number of nitrogens with zero attached hydrogens (tertiary/aromatic N) is 2. The minimum absolute atomic E-state index is 0.0388. The zero-order valence-electron chi connectivity index (χ0n) is 17.0. The van der Waals surface area contributed by atoms with Crippen molar-refractivity contribution in [1.82, 2.24) is 15.1 Å². The zero-order chi connectivity index (χ0) is 19.4. The molecule has 0 unspecified atom stereocenters. The number of carbonyl (C=O) groups excluding carboxylic acids is 1. The summed E-state index contributed by atoms with van der Waals surface area (Å²) in [6, 6.07) is 0.880. The maximum atomic E-state index is 12.6. The predicted molar refractivity (Wildman–Crippen MR) is 106 cm³/mol. The van der Waals surface area contributed by atoms with Crippen molar-refractivity contribution in [2.75, 3.05) is 26.2 Å². The van der Waals surface area contributed by atoms with Crippen LogP contribution in [0.25, 0.3) is 0 Å². The highest BCUT2D eigenvalue weighted by atomic mass is 16.4. The SMILES string of the molecule is CC(C)C1CCC(N2CCN(C(=O)NC3CCC(C(=O)O)CC3)CC2)CC1. The van der Waals surface area contributed by atoms with Gasteiger partial charge in [0.1, 0.15) is 0 Å². The summed E-state index contributed by atoms with van der Waals surface area (Å²) in [5.74, 6) is 0.771. The molecule has 6 nitrogen and oxygen atoms in total. The van der Waals surface area contributed by atoms with Gasteiger partial charge in [0.25, 0.3) is 0 Å². The van der Waals surface area contributed by atoms with Gasteiger partial charge in [0.2, 0.25) is 0 Å². The molecule has 2 N–H and O–H groups in total. The smallest absolute Gasteiger partial charge is 0.317 e. The normalized spacial score (nSPS) is 33.1. The molecule has 154 valence electrons. The first-order valence-electron chi connectivity index (χ1n) is 11.0. The molecular weight excluding hydrogens is 342 g/mol. The van der Waals surface area contributed by atoms with Crippen LogP contribution in [0.1, 0.15) is 65.2 Å². The largest absolute Gasteiger partial charge is 0.481 e. The number of carboxylic acid groups (broad SMARTS) is 1. The molecule has 2 amide bonds. The highest BCUT2D eigenvalue weighted by molar-refractivity contribution is 5.75. The van der Waals surface area contributed by atoms with Crippen molar-refractivity contribution in [3.8, 4) is 0 Å². The van der Waals surface area contributed by atoms with Crippen molar-refractivity contribution in [2.45, 2.75) is 77.3 Å². The molecule has 3 aliphatic rings. The van der Waals surface area contributed by atoms with E-state index in [2.05, 4.69) is 24.1 Å². The van der Waals surface area contributed by atoms with E-state index in [1.807, 2.05) is 4.90 Å². The van der Waals surface area contributed by atoms with Crippen molar-refractivity contribution < 1.29 is 14.7 Å². The fourth-order valence-corrected chi connectivity index (χ4v) is 5.17. The number of hydrogen-bond acceptors (Lipinski definition) is 3. The van der Waals surface area contributed by atoms with Gasteiger partial charge in [-0.1, -0.05) is 13.8 Å². The Balaban J connectivity index is 1.37. The number of aliphatic carboxylic acids is 1.